The molecule has 1 heterocycles. The van der Waals surface area contributed by atoms with Gasteiger partial charge in [-0.3, -0.25) is 0 Å². The normalized spacial score (nSPS) is 24.9. The molecule has 2 aliphatic rings. The van der Waals surface area contributed by atoms with Gasteiger partial charge in [-0.05, 0) is 61.9 Å². The first kappa shape index (κ1) is 10.8. The highest BCUT2D eigenvalue weighted by Crippen LogP contribution is 2.38. The molecule has 0 N–H and O–H groups in total. The van der Waals surface area contributed by atoms with Crippen LogP contribution in [-0.2, 0) is 6.42 Å². The molecular formula is C14H18BrN. The lowest BCUT2D eigenvalue weighted by atomic mass is 10.0. The highest BCUT2D eigenvalue weighted by molar-refractivity contribution is 9.10. The number of aryl methyl sites for hydroxylation is 1. The minimum absolute atomic E-state index is 0.767. The molecule has 1 atom stereocenters. The van der Waals surface area contributed by atoms with Gasteiger partial charge in [0, 0.05) is 11.0 Å². The van der Waals surface area contributed by atoms with Crippen LogP contribution in [0.2, 0.25) is 0 Å². The maximum atomic E-state index is 3.72. The molecule has 0 radical (unpaired) electrons. The third kappa shape index (κ3) is 1.93. The molecule has 1 nitrogen and oxygen atoms in total. The first-order chi connectivity index (χ1) is 7.84. The van der Waals surface area contributed by atoms with E-state index >= 15 is 0 Å². The lowest BCUT2D eigenvalue weighted by Crippen LogP contribution is -2.24. The zero-order valence-corrected chi connectivity index (χ0v) is 11.2. The summed E-state index contributed by atoms with van der Waals surface area (Å²) in [6.07, 6.45) is 5.41. The van der Waals surface area contributed by atoms with Crippen LogP contribution >= 0.6 is 15.9 Å². The summed E-state index contributed by atoms with van der Waals surface area (Å²) in [4.78, 5) is 2.64. The van der Waals surface area contributed by atoms with Gasteiger partial charge in [-0.2, -0.15) is 0 Å². The van der Waals surface area contributed by atoms with Crippen LogP contribution in [0.25, 0.3) is 0 Å². The summed E-state index contributed by atoms with van der Waals surface area (Å²) in [6, 6.07) is 6.66. The van der Waals surface area contributed by atoms with Gasteiger partial charge in [0.25, 0.3) is 0 Å². The molecule has 3 rings (SSSR count). The van der Waals surface area contributed by atoms with Gasteiger partial charge < -0.3 is 4.90 Å². The molecule has 16 heavy (non-hydrogen) atoms. The maximum absolute atomic E-state index is 3.72. The predicted octanol–water partition coefficient (Wildman–Crippen LogP) is 3.57. The van der Waals surface area contributed by atoms with Gasteiger partial charge in [0.1, 0.15) is 0 Å². The van der Waals surface area contributed by atoms with Crippen molar-refractivity contribution in [1.29, 1.82) is 0 Å². The first-order valence-corrected chi connectivity index (χ1v) is 7.13. The zero-order chi connectivity index (χ0) is 11.0. The van der Waals surface area contributed by atoms with E-state index in [1.54, 1.807) is 11.1 Å². The van der Waals surface area contributed by atoms with Crippen molar-refractivity contribution < 1.29 is 0 Å². The number of nitrogens with zero attached hydrogens (tertiary/aromatic N) is 1. The van der Waals surface area contributed by atoms with Crippen molar-refractivity contribution in [3.63, 3.8) is 0 Å². The predicted molar refractivity (Wildman–Crippen MR) is 70.9 cm³/mol. The van der Waals surface area contributed by atoms with Gasteiger partial charge in [-0.15, -0.1) is 0 Å². The molecule has 1 aromatic rings. The second-order valence-electron chi connectivity index (χ2n) is 5.06. The second-order valence-corrected chi connectivity index (χ2v) is 5.91. The number of benzene rings is 1. The van der Waals surface area contributed by atoms with Crippen molar-refractivity contribution in [2.75, 3.05) is 19.6 Å². The van der Waals surface area contributed by atoms with Crippen LogP contribution in [-0.4, -0.2) is 24.5 Å². The number of hydrogen-bond acceptors (Lipinski definition) is 1. The molecule has 2 heteroatoms. The maximum Gasteiger partial charge on any atom is 0.0213 e. The Labute approximate surface area is 106 Å². The van der Waals surface area contributed by atoms with Gasteiger partial charge in [0.05, 0.1) is 0 Å². The lowest BCUT2D eigenvalue weighted by molar-refractivity contribution is 0.313. The van der Waals surface area contributed by atoms with E-state index < -0.39 is 0 Å². The molecule has 1 aromatic carbocycles. The SMILES string of the molecule is Brc1cccc2c1C(CN1CCCC1)CC2. The van der Waals surface area contributed by atoms with Crippen molar-refractivity contribution in [2.24, 2.45) is 0 Å². The van der Waals surface area contributed by atoms with Gasteiger partial charge in [0.15, 0.2) is 0 Å². The van der Waals surface area contributed by atoms with Crippen molar-refractivity contribution in [2.45, 2.75) is 31.6 Å². The molecule has 1 aliphatic carbocycles. The first-order valence-electron chi connectivity index (χ1n) is 6.34. The van der Waals surface area contributed by atoms with Crippen LogP contribution in [0.5, 0.6) is 0 Å². The van der Waals surface area contributed by atoms with E-state index in [4.69, 9.17) is 0 Å². The summed E-state index contributed by atoms with van der Waals surface area (Å²) in [5, 5.41) is 0. The number of rotatable bonds is 2. The minimum Gasteiger partial charge on any atom is -0.303 e. The van der Waals surface area contributed by atoms with Crippen LogP contribution in [0.4, 0.5) is 0 Å². The van der Waals surface area contributed by atoms with Crippen LogP contribution in [0.1, 0.15) is 36.3 Å². The fourth-order valence-electron chi connectivity index (χ4n) is 3.19. The molecule has 86 valence electrons. The number of hydrogen-bond donors (Lipinski definition) is 0. The molecule has 1 saturated heterocycles. The monoisotopic (exact) mass is 279 g/mol. The van der Waals surface area contributed by atoms with E-state index in [-0.39, 0.29) is 0 Å². The average molecular weight is 280 g/mol. The molecule has 0 spiro atoms. The van der Waals surface area contributed by atoms with Gasteiger partial charge in [-0.1, -0.05) is 28.1 Å². The summed E-state index contributed by atoms with van der Waals surface area (Å²) in [5.74, 6) is 0.767. The molecule has 0 saturated carbocycles. The van der Waals surface area contributed by atoms with E-state index in [0.717, 1.165) is 5.92 Å². The topological polar surface area (TPSA) is 3.24 Å². The summed E-state index contributed by atoms with van der Waals surface area (Å²) in [5.41, 5.74) is 3.16. The Kier molecular flexibility index (Phi) is 3.03. The Balaban J connectivity index is 1.79. The average Bonchev–Trinajstić information content (AvgIpc) is 2.90. The molecule has 0 aromatic heterocycles. The van der Waals surface area contributed by atoms with E-state index in [1.165, 1.54) is 49.8 Å². The Morgan fingerprint density at radius 1 is 1.25 bits per heavy atom. The van der Waals surface area contributed by atoms with E-state index in [0.29, 0.717) is 0 Å². The van der Waals surface area contributed by atoms with E-state index in [1.807, 2.05) is 0 Å². The summed E-state index contributed by atoms with van der Waals surface area (Å²) in [6.45, 7) is 3.90. The number of likely N-dealkylation sites (tertiary alicyclic amines) is 1. The number of fused-ring (bicyclic) bond motifs is 1. The van der Waals surface area contributed by atoms with E-state index in [9.17, 15) is 0 Å². The highest BCUT2D eigenvalue weighted by atomic mass is 79.9. The second kappa shape index (κ2) is 4.50. The van der Waals surface area contributed by atoms with Crippen molar-refractivity contribution >= 4 is 15.9 Å². The van der Waals surface area contributed by atoms with Crippen molar-refractivity contribution in [3.05, 3.63) is 33.8 Å². The molecular weight excluding hydrogens is 262 g/mol. The highest BCUT2D eigenvalue weighted by Gasteiger charge is 2.27. The standard InChI is InChI=1S/C14H18BrN/c15-13-5-3-4-11-6-7-12(14(11)13)10-16-8-1-2-9-16/h3-5,12H,1-2,6-10H2. The van der Waals surface area contributed by atoms with Gasteiger partial charge in [0.2, 0.25) is 0 Å². The minimum atomic E-state index is 0.767. The smallest absolute Gasteiger partial charge is 0.0213 e. The Morgan fingerprint density at radius 2 is 2.06 bits per heavy atom. The van der Waals surface area contributed by atoms with Gasteiger partial charge >= 0.3 is 0 Å². The van der Waals surface area contributed by atoms with Crippen molar-refractivity contribution in [3.8, 4) is 0 Å². The Bertz CT molecular complexity index is 382. The Hall–Kier alpha value is -0.340. The summed E-state index contributed by atoms with van der Waals surface area (Å²) < 4.78 is 1.33. The van der Waals surface area contributed by atoms with Crippen molar-refractivity contribution in [1.82, 2.24) is 4.90 Å². The quantitative estimate of drug-likeness (QED) is 0.800. The fraction of sp³-hybridized carbons (Fsp3) is 0.571. The fourth-order valence-corrected chi connectivity index (χ4v) is 3.92. The Morgan fingerprint density at radius 3 is 2.88 bits per heavy atom. The van der Waals surface area contributed by atoms with E-state index in [2.05, 4.69) is 39.0 Å². The largest absolute Gasteiger partial charge is 0.303 e. The molecule has 1 unspecified atom stereocenters. The third-order valence-electron chi connectivity index (χ3n) is 3.99. The summed E-state index contributed by atoms with van der Waals surface area (Å²) >= 11 is 3.72. The zero-order valence-electron chi connectivity index (χ0n) is 9.58. The number of halogens is 1. The van der Waals surface area contributed by atoms with Crippen LogP contribution in [0.3, 0.4) is 0 Å². The molecule has 0 bridgehead atoms. The lowest BCUT2D eigenvalue weighted by Gasteiger charge is -2.21. The van der Waals surface area contributed by atoms with Crippen LogP contribution in [0.15, 0.2) is 22.7 Å². The van der Waals surface area contributed by atoms with Crippen LogP contribution in [0, 0.1) is 0 Å². The molecule has 1 fully saturated rings. The molecule has 1 aliphatic heterocycles. The van der Waals surface area contributed by atoms with Gasteiger partial charge in [-0.25, -0.2) is 0 Å². The summed E-state index contributed by atoms with van der Waals surface area (Å²) in [7, 11) is 0. The van der Waals surface area contributed by atoms with Crippen LogP contribution < -0.4 is 0 Å². The third-order valence-corrected chi connectivity index (χ3v) is 4.68. The molecule has 0 amide bonds.